The number of piperazine rings is 1. The SMILES string of the molecule is O=C(Nc1ccccc1F)N1CC2CCC(C1)N2Cc1cccc(-c2ccsc2)c1. The van der Waals surface area contributed by atoms with Gasteiger partial charge in [-0.1, -0.05) is 30.3 Å². The Balaban J connectivity index is 1.26. The van der Waals surface area contributed by atoms with Gasteiger partial charge in [-0.2, -0.15) is 11.3 Å². The average molecular weight is 422 g/mol. The first kappa shape index (κ1) is 19.3. The number of rotatable bonds is 4. The molecule has 0 saturated carbocycles. The van der Waals surface area contributed by atoms with E-state index in [1.54, 1.807) is 29.5 Å². The molecule has 2 atom stereocenters. The van der Waals surface area contributed by atoms with Crippen LogP contribution in [0.15, 0.2) is 65.4 Å². The van der Waals surface area contributed by atoms with E-state index in [0.717, 1.165) is 19.4 Å². The third-order valence-corrected chi connectivity index (χ3v) is 6.87. The van der Waals surface area contributed by atoms with Crippen LogP contribution in [-0.4, -0.2) is 41.0 Å². The highest BCUT2D eigenvalue weighted by molar-refractivity contribution is 7.08. The molecule has 3 heterocycles. The summed E-state index contributed by atoms with van der Waals surface area (Å²) in [5.41, 5.74) is 4.06. The Kier molecular flexibility index (Phi) is 5.27. The van der Waals surface area contributed by atoms with Crippen molar-refractivity contribution in [2.24, 2.45) is 0 Å². The molecule has 3 aromatic rings. The smallest absolute Gasteiger partial charge is 0.321 e. The first-order valence-electron chi connectivity index (χ1n) is 10.3. The standard InChI is InChI=1S/C24H24FN3OS/c25-22-6-1-2-7-23(22)26-24(29)27-14-20-8-9-21(15-27)28(20)13-17-4-3-5-18(12-17)19-10-11-30-16-19/h1-7,10-12,16,20-21H,8-9,13-15H2,(H,26,29). The van der Waals surface area contributed by atoms with Crippen molar-refractivity contribution in [3.05, 3.63) is 76.7 Å². The largest absolute Gasteiger partial charge is 0.322 e. The highest BCUT2D eigenvalue weighted by Crippen LogP contribution is 2.33. The molecule has 0 radical (unpaired) electrons. The molecule has 2 aliphatic rings. The second-order valence-corrected chi connectivity index (χ2v) is 8.86. The molecule has 0 spiro atoms. The van der Waals surface area contributed by atoms with Gasteiger partial charge in [-0.3, -0.25) is 4.90 Å². The van der Waals surface area contributed by atoms with Gasteiger partial charge < -0.3 is 10.2 Å². The van der Waals surface area contributed by atoms with Gasteiger partial charge in [0, 0.05) is 31.7 Å². The summed E-state index contributed by atoms with van der Waals surface area (Å²) < 4.78 is 13.9. The fraction of sp³-hybridized carbons (Fsp3) is 0.292. The van der Waals surface area contributed by atoms with Gasteiger partial charge in [0.1, 0.15) is 5.82 Å². The number of carbonyl (C=O) groups excluding carboxylic acids is 1. The van der Waals surface area contributed by atoms with E-state index < -0.39 is 5.82 Å². The zero-order valence-electron chi connectivity index (χ0n) is 16.6. The van der Waals surface area contributed by atoms with Crippen LogP contribution < -0.4 is 5.32 Å². The number of nitrogens with zero attached hydrogens (tertiary/aromatic N) is 2. The zero-order valence-corrected chi connectivity index (χ0v) is 17.4. The lowest BCUT2D eigenvalue weighted by Crippen LogP contribution is -2.55. The van der Waals surface area contributed by atoms with Crippen molar-refractivity contribution in [2.45, 2.75) is 31.5 Å². The number of hydrogen-bond donors (Lipinski definition) is 1. The Morgan fingerprint density at radius 1 is 1.03 bits per heavy atom. The molecule has 1 N–H and O–H groups in total. The second-order valence-electron chi connectivity index (χ2n) is 8.08. The zero-order chi connectivity index (χ0) is 20.5. The second kappa shape index (κ2) is 8.20. The molecule has 2 aromatic carbocycles. The fourth-order valence-corrected chi connectivity index (χ4v) is 5.32. The van der Waals surface area contributed by atoms with E-state index in [1.807, 2.05) is 4.90 Å². The van der Waals surface area contributed by atoms with Gasteiger partial charge in [0.25, 0.3) is 0 Å². The van der Waals surface area contributed by atoms with E-state index in [1.165, 1.54) is 22.8 Å². The minimum atomic E-state index is -0.405. The van der Waals surface area contributed by atoms with Crippen LogP contribution in [0.1, 0.15) is 18.4 Å². The molecule has 2 fully saturated rings. The molecule has 1 aromatic heterocycles. The summed E-state index contributed by atoms with van der Waals surface area (Å²) in [4.78, 5) is 17.1. The maximum absolute atomic E-state index is 13.9. The van der Waals surface area contributed by atoms with E-state index in [4.69, 9.17) is 0 Å². The predicted molar refractivity (Wildman–Crippen MR) is 119 cm³/mol. The summed E-state index contributed by atoms with van der Waals surface area (Å²) >= 11 is 1.71. The molecule has 5 rings (SSSR count). The summed E-state index contributed by atoms with van der Waals surface area (Å²) in [5, 5.41) is 7.01. The van der Waals surface area contributed by atoms with Crippen molar-refractivity contribution in [1.29, 1.82) is 0 Å². The van der Waals surface area contributed by atoms with Crippen LogP contribution in [0, 0.1) is 5.82 Å². The topological polar surface area (TPSA) is 35.6 Å². The number of urea groups is 1. The molecule has 4 nitrogen and oxygen atoms in total. The molecule has 6 heteroatoms. The van der Waals surface area contributed by atoms with Crippen LogP contribution in [0.3, 0.4) is 0 Å². The molecule has 30 heavy (non-hydrogen) atoms. The first-order chi connectivity index (χ1) is 14.7. The Morgan fingerprint density at radius 2 is 1.83 bits per heavy atom. The summed E-state index contributed by atoms with van der Waals surface area (Å²) in [6.07, 6.45) is 2.19. The number of thiophene rings is 1. The maximum Gasteiger partial charge on any atom is 0.322 e. The van der Waals surface area contributed by atoms with Crippen LogP contribution in [0.4, 0.5) is 14.9 Å². The highest BCUT2D eigenvalue weighted by Gasteiger charge is 2.41. The van der Waals surface area contributed by atoms with E-state index >= 15 is 0 Å². The van der Waals surface area contributed by atoms with Crippen molar-refractivity contribution in [3.63, 3.8) is 0 Å². The van der Waals surface area contributed by atoms with Gasteiger partial charge >= 0.3 is 6.03 Å². The number of likely N-dealkylation sites (tertiary alicyclic amines) is 1. The average Bonchev–Trinajstić information content (AvgIpc) is 3.36. The molecule has 154 valence electrons. The lowest BCUT2D eigenvalue weighted by Gasteiger charge is -2.41. The first-order valence-corrected chi connectivity index (χ1v) is 11.3. The van der Waals surface area contributed by atoms with Gasteiger partial charge in [-0.25, -0.2) is 9.18 Å². The predicted octanol–water partition coefficient (Wildman–Crippen LogP) is 5.43. The van der Waals surface area contributed by atoms with E-state index in [2.05, 4.69) is 51.3 Å². The quantitative estimate of drug-likeness (QED) is 0.609. The van der Waals surface area contributed by atoms with Crippen LogP contribution in [0.2, 0.25) is 0 Å². The molecular formula is C24H24FN3OS. The van der Waals surface area contributed by atoms with Gasteiger partial charge in [-0.05, 0) is 64.6 Å². The van der Waals surface area contributed by atoms with Gasteiger partial charge in [-0.15, -0.1) is 0 Å². The monoisotopic (exact) mass is 421 g/mol. The van der Waals surface area contributed by atoms with E-state index in [0.29, 0.717) is 25.2 Å². The van der Waals surface area contributed by atoms with Crippen molar-refractivity contribution in [1.82, 2.24) is 9.80 Å². The number of amides is 2. The normalized spacial score (nSPS) is 21.0. The summed E-state index contributed by atoms with van der Waals surface area (Å²) in [6, 6.07) is 17.7. The van der Waals surface area contributed by atoms with Crippen molar-refractivity contribution in [3.8, 4) is 11.1 Å². The number of benzene rings is 2. The minimum absolute atomic E-state index is 0.212. The van der Waals surface area contributed by atoms with Crippen LogP contribution in [0.25, 0.3) is 11.1 Å². The lowest BCUT2D eigenvalue weighted by atomic mass is 10.0. The van der Waals surface area contributed by atoms with Crippen LogP contribution >= 0.6 is 11.3 Å². The summed E-state index contributed by atoms with van der Waals surface area (Å²) in [5.74, 6) is -0.405. The third-order valence-electron chi connectivity index (χ3n) is 6.18. The van der Waals surface area contributed by atoms with Gasteiger partial charge in [0.15, 0.2) is 0 Å². The van der Waals surface area contributed by atoms with Crippen molar-refractivity contribution < 1.29 is 9.18 Å². The van der Waals surface area contributed by atoms with Crippen molar-refractivity contribution >= 4 is 23.1 Å². The molecule has 0 aliphatic carbocycles. The maximum atomic E-state index is 13.9. The number of hydrogen-bond acceptors (Lipinski definition) is 3. The Bertz CT molecular complexity index is 1020. The Labute approximate surface area is 179 Å². The Hall–Kier alpha value is -2.70. The summed E-state index contributed by atoms with van der Waals surface area (Å²) in [7, 11) is 0. The molecule has 2 unspecified atom stereocenters. The molecule has 2 saturated heterocycles. The van der Waals surface area contributed by atoms with Crippen LogP contribution in [0.5, 0.6) is 0 Å². The summed E-state index contributed by atoms with van der Waals surface area (Å²) in [6.45, 7) is 2.26. The third kappa shape index (κ3) is 3.85. The number of halogens is 1. The lowest BCUT2D eigenvalue weighted by molar-refractivity contribution is 0.0812. The highest BCUT2D eigenvalue weighted by atomic mass is 32.1. The number of fused-ring (bicyclic) bond motifs is 2. The van der Waals surface area contributed by atoms with Gasteiger partial charge in [0.2, 0.25) is 0 Å². The molecular weight excluding hydrogens is 397 g/mol. The number of anilines is 1. The fourth-order valence-electron chi connectivity index (χ4n) is 4.66. The number of para-hydroxylation sites is 1. The Morgan fingerprint density at radius 3 is 2.57 bits per heavy atom. The van der Waals surface area contributed by atoms with E-state index in [9.17, 15) is 9.18 Å². The minimum Gasteiger partial charge on any atom is -0.321 e. The molecule has 2 aliphatic heterocycles. The van der Waals surface area contributed by atoms with E-state index in [-0.39, 0.29) is 11.7 Å². The molecule has 2 bridgehead atoms. The van der Waals surface area contributed by atoms with Crippen molar-refractivity contribution in [2.75, 3.05) is 18.4 Å². The molecule has 2 amide bonds. The number of carbonyl (C=O) groups is 1. The number of nitrogens with one attached hydrogen (secondary N) is 1. The van der Waals surface area contributed by atoms with Crippen LogP contribution in [-0.2, 0) is 6.54 Å². The van der Waals surface area contributed by atoms with Gasteiger partial charge in [0.05, 0.1) is 5.69 Å².